The molecule has 0 amide bonds. The summed E-state index contributed by atoms with van der Waals surface area (Å²) in [4.78, 5) is 26.4. The fourth-order valence-electron chi connectivity index (χ4n) is 5.07. The lowest BCUT2D eigenvalue weighted by molar-refractivity contribution is 0.112. The van der Waals surface area contributed by atoms with Crippen LogP contribution >= 0.6 is 69.6 Å². The van der Waals surface area contributed by atoms with Gasteiger partial charge in [-0.25, -0.2) is 9.97 Å². The Hall–Kier alpha value is -5.39. The summed E-state index contributed by atoms with van der Waals surface area (Å²) in [7, 11) is 0. The number of nitrogens with two attached hydrogens (primary N) is 1. The maximum atomic E-state index is 10.9. The Labute approximate surface area is 357 Å². The fourth-order valence-corrected chi connectivity index (χ4v) is 5.84. The van der Waals surface area contributed by atoms with E-state index in [1.54, 1.807) is 67.0 Å². The molecule has 57 heavy (non-hydrogen) atoms. The molecule has 1 atom stereocenters. The second-order valence-electron chi connectivity index (χ2n) is 11.7. The van der Waals surface area contributed by atoms with Gasteiger partial charge >= 0.3 is 0 Å². The first-order valence-corrected chi connectivity index (χ1v) is 18.9. The normalized spacial score (nSPS) is 10.8. The van der Waals surface area contributed by atoms with Crippen LogP contribution in [-0.4, -0.2) is 36.4 Å². The quantitative estimate of drug-likeness (QED) is 0.124. The molecule has 0 bridgehead atoms. The van der Waals surface area contributed by atoms with Crippen molar-refractivity contribution in [2.45, 2.75) is 6.04 Å². The lowest BCUT2D eigenvalue weighted by Crippen LogP contribution is -2.13. The maximum absolute atomic E-state index is 10.9. The van der Waals surface area contributed by atoms with Crippen LogP contribution in [0.5, 0.6) is 11.5 Å². The zero-order valence-electron chi connectivity index (χ0n) is 29.4. The number of hydrogen-bond donors (Lipinski definition) is 4. The summed E-state index contributed by atoms with van der Waals surface area (Å²) < 4.78 is 0. The van der Waals surface area contributed by atoms with Crippen molar-refractivity contribution in [3.63, 3.8) is 0 Å². The van der Waals surface area contributed by atoms with E-state index in [-0.39, 0.29) is 11.5 Å². The van der Waals surface area contributed by atoms with Gasteiger partial charge in [-0.1, -0.05) is 130 Å². The number of nitrogens with one attached hydrogen (secondary N) is 1. The number of hydrogen-bond acceptors (Lipinski definition) is 9. The first-order valence-electron chi connectivity index (χ1n) is 16.6. The summed E-state index contributed by atoms with van der Waals surface area (Å²) in [5.41, 5.74) is 8.66. The van der Waals surface area contributed by atoms with Crippen LogP contribution in [0.15, 0.2) is 140 Å². The van der Waals surface area contributed by atoms with Crippen molar-refractivity contribution >= 4 is 109 Å². The number of aldehydes is 1. The minimum absolute atomic E-state index is 0.102. The summed E-state index contributed by atoms with van der Waals surface area (Å²) in [6.45, 7) is 0. The second-order valence-corrected chi connectivity index (χ2v) is 14.2. The summed E-state index contributed by atoms with van der Waals surface area (Å²) >= 11 is 34.8. The van der Waals surface area contributed by atoms with Crippen molar-refractivity contribution in [3.05, 3.63) is 187 Å². The number of phenols is 2. The molecule has 0 fully saturated rings. The number of anilines is 2. The van der Waals surface area contributed by atoms with E-state index in [1.165, 1.54) is 18.5 Å². The summed E-state index contributed by atoms with van der Waals surface area (Å²) in [5.74, 6) is 1.24. The Kier molecular flexibility index (Phi) is 15.5. The van der Waals surface area contributed by atoms with Gasteiger partial charge in [-0.05, 0) is 48.0 Å². The van der Waals surface area contributed by atoms with Crippen LogP contribution in [0.2, 0.25) is 30.1 Å². The van der Waals surface area contributed by atoms with Crippen molar-refractivity contribution in [1.29, 1.82) is 0 Å². The highest BCUT2D eigenvalue weighted by Crippen LogP contribution is 2.37. The highest BCUT2D eigenvalue weighted by molar-refractivity contribution is 6.42. The molecule has 8 rings (SSSR count). The van der Waals surface area contributed by atoms with Crippen LogP contribution in [0.3, 0.4) is 0 Å². The number of aromatic nitrogens is 4. The summed E-state index contributed by atoms with van der Waals surface area (Å²) in [6, 6.07) is 33.5. The third kappa shape index (κ3) is 12.1. The van der Waals surface area contributed by atoms with E-state index < -0.39 is 6.04 Å². The molecule has 5 N–H and O–H groups in total. The van der Waals surface area contributed by atoms with E-state index in [1.807, 2.05) is 54.6 Å². The number of carbonyl (C=O) groups excluding carboxylic acids is 1. The molecule has 9 nitrogen and oxygen atoms in total. The van der Waals surface area contributed by atoms with Gasteiger partial charge in [0.1, 0.15) is 40.5 Å². The molecule has 4 aromatic carbocycles. The standard InChI is InChI=1S/C21H14Cl3N3O.C9H7NO.C7H5ClO.C5H4Cl2N2/c22-14-6-3-13(4-7-14)19(27-18-10-16(23)17(24)11-26-18)15-8-5-12-2-1-9-25-20(12)21(15)28;11-8-5-1-3-7-4-2-6-10-9(7)8;8-7-3-1-6(5-9)2-4-7;6-3-1-5(8)9-2-4(3)7/h1-11,19,28H,(H,26,27);1-6,11H;1-5H;1-2H,(H2,8,9). The zero-order valence-corrected chi connectivity index (χ0v) is 33.9. The molecule has 0 aliphatic heterocycles. The number of rotatable bonds is 5. The topological polar surface area (TPSA) is 147 Å². The van der Waals surface area contributed by atoms with Gasteiger partial charge in [0.05, 0.1) is 26.1 Å². The average molecular weight is 879 g/mol. The summed E-state index contributed by atoms with van der Waals surface area (Å²) in [5, 5.41) is 28.3. The third-order valence-corrected chi connectivity index (χ3v) is 9.77. The molecule has 0 aliphatic rings. The molecule has 0 saturated heterocycles. The van der Waals surface area contributed by atoms with E-state index in [2.05, 4.69) is 25.3 Å². The van der Waals surface area contributed by atoms with Crippen LogP contribution in [0.25, 0.3) is 21.8 Å². The molecular formula is C42H30Cl6N6O3. The number of carbonyl (C=O) groups is 1. The molecule has 288 valence electrons. The van der Waals surface area contributed by atoms with Crippen LogP contribution in [-0.2, 0) is 0 Å². The Bertz CT molecular complexity index is 2590. The van der Waals surface area contributed by atoms with E-state index >= 15 is 0 Å². The predicted octanol–water partition coefficient (Wildman–Crippen LogP) is 12.6. The number of fused-ring (bicyclic) bond motifs is 2. The number of benzene rings is 4. The number of para-hydroxylation sites is 1. The van der Waals surface area contributed by atoms with Gasteiger partial charge in [-0.3, -0.25) is 14.8 Å². The number of nitrogen functional groups attached to an aromatic ring is 1. The Morgan fingerprint density at radius 1 is 0.596 bits per heavy atom. The van der Waals surface area contributed by atoms with Gasteiger partial charge in [-0.2, -0.15) is 0 Å². The van der Waals surface area contributed by atoms with E-state index in [0.717, 1.165) is 22.6 Å². The van der Waals surface area contributed by atoms with Crippen LogP contribution in [0, 0.1) is 0 Å². The minimum Gasteiger partial charge on any atom is -0.506 e. The van der Waals surface area contributed by atoms with Gasteiger partial charge in [0.15, 0.2) is 0 Å². The maximum Gasteiger partial charge on any atom is 0.150 e. The van der Waals surface area contributed by atoms with Crippen molar-refractivity contribution in [2.75, 3.05) is 11.1 Å². The smallest absolute Gasteiger partial charge is 0.150 e. The van der Waals surface area contributed by atoms with Crippen molar-refractivity contribution in [3.8, 4) is 11.5 Å². The molecule has 1 unspecified atom stereocenters. The van der Waals surface area contributed by atoms with E-state index in [0.29, 0.717) is 63.9 Å². The van der Waals surface area contributed by atoms with Gasteiger partial charge in [0.2, 0.25) is 0 Å². The minimum atomic E-state index is -0.409. The highest BCUT2D eigenvalue weighted by atomic mass is 35.5. The van der Waals surface area contributed by atoms with Crippen molar-refractivity contribution in [1.82, 2.24) is 19.9 Å². The Morgan fingerprint density at radius 2 is 1.16 bits per heavy atom. The van der Waals surface area contributed by atoms with Crippen LogP contribution in [0.1, 0.15) is 27.5 Å². The average Bonchev–Trinajstić information content (AvgIpc) is 3.22. The van der Waals surface area contributed by atoms with Gasteiger partial charge < -0.3 is 21.3 Å². The number of halogens is 6. The highest BCUT2D eigenvalue weighted by Gasteiger charge is 2.21. The number of pyridine rings is 4. The van der Waals surface area contributed by atoms with Crippen molar-refractivity contribution < 1.29 is 15.0 Å². The van der Waals surface area contributed by atoms with Gasteiger partial charge in [0.25, 0.3) is 0 Å². The largest absolute Gasteiger partial charge is 0.506 e. The summed E-state index contributed by atoms with van der Waals surface area (Å²) in [6.07, 6.45) is 7.00. The number of aromatic hydroxyl groups is 2. The first kappa shape index (κ1) is 42.7. The molecule has 0 saturated carbocycles. The van der Waals surface area contributed by atoms with Crippen molar-refractivity contribution in [2.24, 2.45) is 0 Å². The monoisotopic (exact) mass is 876 g/mol. The molecule has 0 radical (unpaired) electrons. The molecule has 0 spiro atoms. The van der Waals surface area contributed by atoms with Gasteiger partial charge in [0, 0.05) is 68.9 Å². The molecule has 4 heterocycles. The first-order chi connectivity index (χ1) is 27.4. The predicted molar refractivity (Wildman–Crippen MR) is 233 cm³/mol. The third-order valence-electron chi connectivity index (χ3n) is 7.84. The van der Waals surface area contributed by atoms with Crippen LogP contribution in [0.4, 0.5) is 11.6 Å². The number of phenolic OH excluding ortho intramolecular Hbond substituents is 2. The molecule has 4 aromatic heterocycles. The zero-order chi connectivity index (χ0) is 40.9. The van der Waals surface area contributed by atoms with Gasteiger partial charge in [-0.15, -0.1) is 0 Å². The van der Waals surface area contributed by atoms with E-state index in [9.17, 15) is 15.0 Å². The fraction of sp³-hybridized carbons (Fsp3) is 0.0238. The van der Waals surface area contributed by atoms with E-state index in [4.69, 9.17) is 75.3 Å². The molecule has 0 aliphatic carbocycles. The number of nitrogens with zero attached hydrogens (tertiary/aromatic N) is 4. The second kappa shape index (κ2) is 20.7. The lowest BCUT2D eigenvalue weighted by atomic mass is 9.96. The SMILES string of the molecule is Nc1cc(Cl)c(Cl)cn1.O=Cc1ccc(Cl)cc1.Oc1c(C(Nc2cc(Cl)c(Cl)cn2)c2ccc(Cl)cc2)ccc2cccnc12.Oc1cccc2cccnc12. The Morgan fingerprint density at radius 3 is 1.74 bits per heavy atom. The Balaban J connectivity index is 0.000000173. The van der Waals surface area contributed by atoms with Crippen LogP contribution < -0.4 is 11.1 Å². The molecule has 8 aromatic rings. The molecule has 15 heteroatoms. The molecular weight excluding hydrogens is 849 g/mol. The lowest BCUT2D eigenvalue weighted by Gasteiger charge is -2.22.